The third-order valence-electron chi connectivity index (χ3n) is 3.20. The van der Waals surface area contributed by atoms with Crippen LogP contribution in [-0.4, -0.2) is 32.4 Å². The second-order valence-corrected chi connectivity index (χ2v) is 6.75. The van der Waals surface area contributed by atoms with Crippen LogP contribution in [0.3, 0.4) is 0 Å². The van der Waals surface area contributed by atoms with Crippen molar-refractivity contribution in [3.63, 3.8) is 0 Å². The van der Waals surface area contributed by atoms with Gasteiger partial charge < -0.3 is 5.11 Å². The molecule has 0 radical (unpaired) electrons. The fourth-order valence-corrected chi connectivity index (χ4v) is 3.75. The summed E-state index contributed by atoms with van der Waals surface area (Å²) in [7, 11) is -3.11. The van der Waals surface area contributed by atoms with Crippen LogP contribution in [0.2, 0.25) is 0 Å². The second-order valence-electron chi connectivity index (χ2n) is 4.90. The summed E-state index contributed by atoms with van der Waals surface area (Å²) in [5.74, 6) is 0.827. The molecule has 0 amide bonds. The molecule has 1 aliphatic carbocycles. The first-order valence-electron chi connectivity index (χ1n) is 6.11. The maximum absolute atomic E-state index is 11.7. The summed E-state index contributed by atoms with van der Waals surface area (Å²) in [4.78, 5) is 0. The maximum atomic E-state index is 11.7. The van der Waals surface area contributed by atoms with Gasteiger partial charge in [0.25, 0.3) is 0 Å². The van der Waals surface area contributed by atoms with Crippen LogP contribution < -0.4 is 4.72 Å². The smallest absolute Gasteiger partial charge is 0.211 e. The van der Waals surface area contributed by atoms with Crippen molar-refractivity contribution in [1.29, 1.82) is 0 Å². The van der Waals surface area contributed by atoms with Crippen molar-refractivity contribution in [2.75, 3.05) is 18.9 Å². The van der Waals surface area contributed by atoms with E-state index in [0.29, 0.717) is 18.9 Å². The molecule has 5 heteroatoms. The molecule has 0 aliphatic heterocycles. The maximum Gasteiger partial charge on any atom is 0.211 e. The van der Waals surface area contributed by atoms with E-state index in [-0.39, 0.29) is 18.3 Å². The normalized spacial score (nSPS) is 20.1. The van der Waals surface area contributed by atoms with Gasteiger partial charge in [0.15, 0.2) is 0 Å². The van der Waals surface area contributed by atoms with Crippen molar-refractivity contribution in [3.8, 4) is 0 Å². The van der Waals surface area contributed by atoms with E-state index in [0.717, 1.165) is 12.8 Å². The van der Waals surface area contributed by atoms with E-state index in [2.05, 4.69) is 4.72 Å². The summed E-state index contributed by atoms with van der Waals surface area (Å²) in [5, 5.41) is 8.72. The van der Waals surface area contributed by atoms with E-state index in [1.807, 2.05) is 6.92 Å². The monoisotopic (exact) mass is 249 g/mol. The summed E-state index contributed by atoms with van der Waals surface area (Å²) in [5.41, 5.74) is 0. The number of aliphatic hydroxyl groups is 1. The molecule has 0 aromatic rings. The van der Waals surface area contributed by atoms with Crippen LogP contribution in [-0.2, 0) is 10.0 Å². The van der Waals surface area contributed by atoms with Crippen molar-refractivity contribution in [2.24, 2.45) is 11.8 Å². The average Bonchev–Trinajstić information content (AvgIpc) is 2.67. The largest absolute Gasteiger partial charge is 0.396 e. The van der Waals surface area contributed by atoms with Gasteiger partial charge in [0.1, 0.15) is 0 Å². The Bertz CT molecular complexity index is 284. The minimum absolute atomic E-state index is 0.117. The molecule has 0 bridgehead atoms. The molecule has 1 atom stereocenters. The Labute approximate surface area is 98.5 Å². The molecule has 1 aliphatic rings. The predicted molar refractivity (Wildman–Crippen MR) is 64.6 cm³/mol. The zero-order valence-corrected chi connectivity index (χ0v) is 10.8. The van der Waals surface area contributed by atoms with Gasteiger partial charge in [-0.15, -0.1) is 0 Å². The molecule has 1 saturated carbocycles. The zero-order valence-electron chi connectivity index (χ0n) is 9.98. The Hall–Kier alpha value is -0.130. The van der Waals surface area contributed by atoms with Gasteiger partial charge in [0.2, 0.25) is 10.0 Å². The van der Waals surface area contributed by atoms with Crippen molar-refractivity contribution in [2.45, 2.75) is 39.0 Å². The number of rotatable bonds is 7. The van der Waals surface area contributed by atoms with Crippen molar-refractivity contribution < 1.29 is 13.5 Å². The number of sulfonamides is 1. The molecule has 1 fully saturated rings. The molecule has 2 N–H and O–H groups in total. The van der Waals surface area contributed by atoms with Crippen LogP contribution in [0.5, 0.6) is 0 Å². The lowest BCUT2D eigenvalue weighted by atomic mass is 10.1. The average molecular weight is 249 g/mol. The molecule has 4 nitrogen and oxygen atoms in total. The highest BCUT2D eigenvalue weighted by atomic mass is 32.2. The molecule has 0 saturated heterocycles. The van der Waals surface area contributed by atoms with E-state index in [1.54, 1.807) is 0 Å². The van der Waals surface area contributed by atoms with Gasteiger partial charge in [0, 0.05) is 13.2 Å². The van der Waals surface area contributed by atoms with E-state index < -0.39 is 10.0 Å². The highest BCUT2D eigenvalue weighted by Gasteiger charge is 2.22. The fourth-order valence-electron chi connectivity index (χ4n) is 2.14. The van der Waals surface area contributed by atoms with Crippen molar-refractivity contribution in [1.82, 2.24) is 4.72 Å². The van der Waals surface area contributed by atoms with Crippen LogP contribution in [0.4, 0.5) is 0 Å². The van der Waals surface area contributed by atoms with E-state index >= 15 is 0 Å². The first kappa shape index (κ1) is 13.9. The Morgan fingerprint density at radius 1 is 1.38 bits per heavy atom. The summed E-state index contributed by atoms with van der Waals surface area (Å²) in [6, 6.07) is 0. The minimum Gasteiger partial charge on any atom is -0.396 e. The highest BCUT2D eigenvalue weighted by Crippen LogP contribution is 2.25. The molecular weight excluding hydrogens is 226 g/mol. The van der Waals surface area contributed by atoms with Gasteiger partial charge in [-0.05, 0) is 31.1 Å². The van der Waals surface area contributed by atoms with Gasteiger partial charge in [-0.25, -0.2) is 13.1 Å². The third kappa shape index (κ3) is 5.27. The first-order valence-corrected chi connectivity index (χ1v) is 7.77. The van der Waals surface area contributed by atoms with E-state index in [9.17, 15) is 8.42 Å². The van der Waals surface area contributed by atoms with Crippen LogP contribution in [0.15, 0.2) is 0 Å². The summed E-state index contributed by atoms with van der Waals surface area (Å²) in [6.07, 6.45) is 5.08. The molecule has 0 heterocycles. The van der Waals surface area contributed by atoms with Crippen molar-refractivity contribution in [3.05, 3.63) is 0 Å². The van der Waals surface area contributed by atoms with Crippen LogP contribution in [0.25, 0.3) is 0 Å². The summed E-state index contributed by atoms with van der Waals surface area (Å²) in [6.45, 7) is 2.50. The number of hydrogen-bond donors (Lipinski definition) is 2. The van der Waals surface area contributed by atoms with Crippen LogP contribution >= 0.6 is 0 Å². The van der Waals surface area contributed by atoms with Crippen molar-refractivity contribution >= 4 is 10.0 Å². The van der Waals surface area contributed by atoms with Crippen LogP contribution in [0, 0.1) is 11.8 Å². The molecule has 0 spiro atoms. The van der Waals surface area contributed by atoms with E-state index in [1.165, 1.54) is 12.8 Å². The number of hydrogen-bond acceptors (Lipinski definition) is 3. The zero-order chi connectivity index (χ0) is 12.0. The second kappa shape index (κ2) is 6.57. The van der Waals surface area contributed by atoms with Gasteiger partial charge in [-0.2, -0.15) is 0 Å². The molecule has 1 unspecified atom stereocenters. The van der Waals surface area contributed by atoms with Gasteiger partial charge in [0.05, 0.1) is 5.75 Å². The number of nitrogens with one attached hydrogen (secondary N) is 1. The predicted octanol–water partition coefficient (Wildman–Crippen LogP) is 1.11. The standard InChI is InChI=1S/C11H23NO3S/c1-10(6-7-13)8-12-16(14,15)9-11-4-2-3-5-11/h10-13H,2-9H2,1H3. The lowest BCUT2D eigenvalue weighted by Crippen LogP contribution is -2.32. The van der Waals surface area contributed by atoms with Gasteiger partial charge in [-0.3, -0.25) is 0 Å². The highest BCUT2D eigenvalue weighted by molar-refractivity contribution is 7.89. The van der Waals surface area contributed by atoms with Gasteiger partial charge in [-0.1, -0.05) is 19.8 Å². The first-order chi connectivity index (χ1) is 7.53. The summed E-state index contributed by atoms with van der Waals surface area (Å²) >= 11 is 0. The summed E-state index contributed by atoms with van der Waals surface area (Å²) < 4.78 is 26.1. The fraction of sp³-hybridized carbons (Fsp3) is 1.00. The Morgan fingerprint density at radius 2 is 2.00 bits per heavy atom. The molecule has 16 heavy (non-hydrogen) atoms. The lowest BCUT2D eigenvalue weighted by Gasteiger charge is -2.14. The molecular formula is C11H23NO3S. The van der Waals surface area contributed by atoms with Gasteiger partial charge >= 0.3 is 0 Å². The topological polar surface area (TPSA) is 66.4 Å². The number of aliphatic hydroxyl groups excluding tert-OH is 1. The Balaban J connectivity index is 2.27. The third-order valence-corrected chi connectivity index (χ3v) is 4.72. The van der Waals surface area contributed by atoms with E-state index in [4.69, 9.17) is 5.11 Å². The Kier molecular flexibility index (Phi) is 5.72. The molecule has 0 aromatic heterocycles. The lowest BCUT2D eigenvalue weighted by molar-refractivity contribution is 0.263. The minimum atomic E-state index is -3.11. The molecule has 96 valence electrons. The SMILES string of the molecule is CC(CCO)CNS(=O)(=O)CC1CCCC1. The molecule has 0 aromatic carbocycles. The molecule has 1 rings (SSSR count). The Morgan fingerprint density at radius 3 is 2.56 bits per heavy atom. The quantitative estimate of drug-likeness (QED) is 0.710. The van der Waals surface area contributed by atoms with Crippen LogP contribution in [0.1, 0.15) is 39.0 Å².